The molecule has 1 unspecified atom stereocenters. The van der Waals surface area contributed by atoms with Crippen molar-refractivity contribution in [2.24, 2.45) is 5.92 Å². The maximum atomic E-state index is 12.8. The van der Waals surface area contributed by atoms with Gasteiger partial charge in [0.2, 0.25) is 5.91 Å². The van der Waals surface area contributed by atoms with Crippen LogP contribution in [0.5, 0.6) is 5.75 Å². The van der Waals surface area contributed by atoms with E-state index in [0.717, 1.165) is 31.5 Å². The minimum Gasteiger partial charge on any atom is -0.494 e. The zero-order valence-corrected chi connectivity index (χ0v) is 13.5. The molecule has 0 spiro atoms. The number of benzene rings is 1. The Morgan fingerprint density at radius 3 is 2.88 bits per heavy atom. The SMILES string of the molecule is O=C(Cc1cccnc1)N1CCC(CCOc2ccc(F)cc2)C1. The molecule has 1 fully saturated rings. The van der Waals surface area contributed by atoms with E-state index in [-0.39, 0.29) is 11.7 Å². The van der Waals surface area contributed by atoms with E-state index in [1.54, 1.807) is 24.5 Å². The van der Waals surface area contributed by atoms with Crippen molar-refractivity contribution < 1.29 is 13.9 Å². The van der Waals surface area contributed by atoms with Crippen LogP contribution in [-0.2, 0) is 11.2 Å². The van der Waals surface area contributed by atoms with Gasteiger partial charge in [-0.3, -0.25) is 9.78 Å². The molecule has 0 saturated carbocycles. The number of nitrogens with zero attached hydrogens (tertiary/aromatic N) is 2. The highest BCUT2D eigenvalue weighted by Crippen LogP contribution is 2.21. The second kappa shape index (κ2) is 7.90. The number of pyridine rings is 1. The molecule has 4 nitrogen and oxygen atoms in total. The first-order valence-corrected chi connectivity index (χ1v) is 8.26. The maximum absolute atomic E-state index is 12.8. The molecule has 5 heteroatoms. The fourth-order valence-corrected chi connectivity index (χ4v) is 2.96. The Labute approximate surface area is 141 Å². The van der Waals surface area contributed by atoms with Gasteiger partial charge in [0.15, 0.2) is 0 Å². The van der Waals surface area contributed by atoms with Gasteiger partial charge in [-0.05, 0) is 54.7 Å². The number of rotatable bonds is 6. The van der Waals surface area contributed by atoms with E-state index in [4.69, 9.17) is 4.74 Å². The molecule has 1 aliphatic rings. The molecule has 0 bridgehead atoms. The molecule has 24 heavy (non-hydrogen) atoms. The van der Waals surface area contributed by atoms with E-state index < -0.39 is 0 Å². The number of hydrogen-bond donors (Lipinski definition) is 0. The average Bonchev–Trinajstić information content (AvgIpc) is 3.07. The first-order valence-electron chi connectivity index (χ1n) is 8.26. The van der Waals surface area contributed by atoms with Gasteiger partial charge in [-0.25, -0.2) is 4.39 Å². The standard InChI is InChI=1S/C19H21FN2O2/c20-17-3-5-18(6-4-17)24-11-8-15-7-10-22(14-15)19(23)12-16-2-1-9-21-13-16/h1-6,9,13,15H,7-8,10-12,14H2. The lowest BCUT2D eigenvalue weighted by Gasteiger charge is -2.16. The number of likely N-dealkylation sites (tertiary alicyclic amines) is 1. The van der Waals surface area contributed by atoms with E-state index in [1.807, 2.05) is 17.0 Å². The van der Waals surface area contributed by atoms with Crippen molar-refractivity contribution in [1.82, 2.24) is 9.88 Å². The van der Waals surface area contributed by atoms with Crippen LogP contribution in [0.1, 0.15) is 18.4 Å². The summed E-state index contributed by atoms with van der Waals surface area (Å²) in [6, 6.07) is 9.83. The third kappa shape index (κ3) is 4.54. The number of carbonyl (C=O) groups excluding carboxylic acids is 1. The third-order valence-corrected chi connectivity index (χ3v) is 4.33. The van der Waals surface area contributed by atoms with Crippen molar-refractivity contribution in [2.75, 3.05) is 19.7 Å². The quantitative estimate of drug-likeness (QED) is 0.818. The van der Waals surface area contributed by atoms with Gasteiger partial charge in [0.1, 0.15) is 11.6 Å². The summed E-state index contributed by atoms with van der Waals surface area (Å²) in [4.78, 5) is 18.3. The van der Waals surface area contributed by atoms with Gasteiger partial charge in [-0.15, -0.1) is 0 Å². The summed E-state index contributed by atoms with van der Waals surface area (Å²) in [7, 11) is 0. The smallest absolute Gasteiger partial charge is 0.227 e. The first kappa shape index (κ1) is 16.4. The molecule has 126 valence electrons. The Morgan fingerprint density at radius 2 is 2.12 bits per heavy atom. The van der Waals surface area contributed by atoms with Crippen LogP contribution in [0.2, 0.25) is 0 Å². The summed E-state index contributed by atoms with van der Waals surface area (Å²) in [5.41, 5.74) is 0.950. The number of ether oxygens (including phenoxy) is 1. The van der Waals surface area contributed by atoms with Crippen LogP contribution in [0.25, 0.3) is 0 Å². The van der Waals surface area contributed by atoms with Crippen molar-refractivity contribution in [3.8, 4) is 5.75 Å². The van der Waals surface area contributed by atoms with Crippen LogP contribution in [0, 0.1) is 11.7 Å². The summed E-state index contributed by atoms with van der Waals surface area (Å²) < 4.78 is 18.5. The number of halogens is 1. The summed E-state index contributed by atoms with van der Waals surface area (Å²) in [6.07, 6.45) is 5.76. The highest BCUT2D eigenvalue weighted by Gasteiger charge is 2.26. The minimum absolute atomic E-state index is 0.157. The fraction of sp³-hybridized carbons (Fsp3) is 0.368. The minimum atomic E-state index is -0.263. The predicted octanol–water partition coefficient (Wildman–Crippen LogP) is 3.08. The van der Waals surface area contributed by atoms with Crippen molar-refractivity contribution >= 4 is 5.91 Å². The lowest BCUT2D eigenvalue weighted by atomic mass is 10.1. The van der Waals surface area contributed by atoms with Crippen LogP contribution in [0.15, 0.2) is 48.8 Å². The van der Waals surface area contributed by atoms with Crippen molar-refractivity contribution in [1.29, 1.82) is 0 Å². The molecule has 0 aliphatic carbocycles. The largest absolute Gasteiger partial charge is 0.494 e. The Bertz CT molecular complexity index is 661. The molecule has 0 N–H and O–H groups in total. The van der Waals surface area contributed by atoms with Crippen LogP contribution >= 0.6 is 0 Å². The van der Waals surface area contributed by atoms with Gasteiger partial charge in [0, 0.05) is 25.5 Å². The van der Waals surface area contributed by atoms with Crippen LogP contribution < -0.4 is 4.74 Å². The molecular formula is C19H21FN2O2. The van der Waals surface area contributed by atoms with Gasteiger partial charge >= 0.3 is 0 Å². The molecule has 0 radical (unpaired) electrons. The zero-order chi connectivity index (χ0) is 16.8. The predicted molar refractivity (Wildman–Crippen MR) is 89.1 cm³/mol. The Hall–Kier alpha value is -2.43. The summed E-state index contributed by atoms with van der Waals surface area (Å²) >= 11 is 0. The Balaban J connectivity index is 1.40. The normalized spacial score (nSPS) is 17.0. The monoisotopic (exact) mass is 328 g/mol. The van der Waals surface area contributed by atoms with Gasteiger partial charge in [0.25, 0.3) is 0 Å². The summed E-state index contributed by atoms with van der Waals surface area (Å²) in [6.45, 7) is 2.17. The van der Waals surface area contributed by atoms with E-state index in [2.05, 4.69) is 4.98 Å². The van der Waals surface area contributed by atoms with Gasteiger partial charge in [0.05, 0.1) is 13.0 Å². The van der Waals surface area contributed by atoms with E-state index in [0.29, 0.717) is 24.7 Å². The molecule has 1 aromatic heterocycles. The third-order valence-electron chi connectivity index (χ3n) is 4.33. The first-order chi connectivity index (χ1) is 11.7. The topological polar surface area (TPSA) is 42.4 Å². The zero-order valence-electron chi connectivity index (χ0n) is 13.5. The molecule has 3 rings (SSSR count). The number of aromatic nitrogens is 1. The van der Waals surface area contributed by atoms with Gasteiger partial charge in [-0.1, -0.05) is 6.07 Å². The second-order valence-corrected chi connectivity index (χ2v) is 6.12. The maximum Gasteiger partial charge on any atom is 0.227 e. The van der Waals surface area contributed by atoms with Gasteiger partial charge < -0.3 is 9.64 Å². The number of carbonyl (C=O) groups is 1. The summed E-state index contributed by atoms with van der Waals surface area (Å²) in [5, 5.41) is 0. The van der Waals surface area contributed by atoms with E-state index in [1.165, 1.54) is 12.1 Å². The van der Waals surface area contributed by atoms with Crippen molar-refractivity contribution in [3.05, 3.63) is 60.2 Å². The fourth-order valence-electron chi connectivity index (χ4n) is 2.96. The van der Waals surface area contributed by atoms with Crippen LogP contribution in [0.3, 0.4) is 0 Å². The number of amides is 1. The molecule has 1 aliphatic heterocycles. The lowest BCUT2D eigenvalue weighted by Crippen LogP contribution is -2.30. The van der Waals surface area contributed by atoms with Crippen molar-refractivity contribution in [3.63, 3.8) is 0 Å². The van der Waals surface area contributed by atoms with E-state index >= 15 is 0 Å². The molecular weight excluding hydrogens is 307 g/mol. The molecule has 1 saturated heterocycles. The molecule has 1 atom stereocenters. The highest BCUT2D eigenvalue weighted by atomic mass is 19.1. The molecule has 1 amide bonds. The second-order valence-electron chi connectivity index (χ2n) is 6.12. The van der Waals surface area contributed by atoms with E-state index in [9.17, 15) is 9.18 Å². The highest BCUT2D eigenvalue weighted by molar-refractivity contribution is 5.78. The lowest BCUT2D eigenvalue weighted by molar-refractivity contribution is -0.129. The van der Waals surface area contributed by atoms with Crippen molar-refractivity contribution in [2.45, 2.75) is 19.3 Å². The van der Waals surface area contributed by atoms with Gasteiger partial charge in [-0.2, -0.15) is 0 Å². The van der Waals surface area contributed by atoms with Crippen LogP contribution in [0.4, 0.5) is 4.39 Å². The molecule has 2 aromatic rings. The Kier molecular flexibility index (Phi) is 5.41. The Morgan fingerprint density at radius 1 is 1.29 bits per heavy atom. The molecule has 2 heterocycles. The summed E-state index contributed by atoms with van der Waals surface area (Å²) in [5.74, 6) is 1.04. The number of hydrogen-bond acceptors (Lipinski definition) is 3. The molecule has 1 aromatic carbocycles. The average molecular weight is 328 g/mol. The van der Waals surface area contributed by atoms with Crippen LogP contribution in [-0.4, -0.2) is 35.5 Å².